The first-order chi connectivity index (χ1) is 7.22. The lowest BCUT2D eigenvalue weighted by molar-refractivity contribution is -0.121. The Kier molecular flexibility index (Phi) is 4.83. The average molecular weight is 210 g/mol. The van der Waals surface area contributed by atoms with Crippen molar-refractivity contribution in [3.63, 3.8) is 0 Å². The Bertz CT molecular complexity index is 284. The molecule has 0 bridgehead atoms. The van der Waals surface area contributed by atoms with Gasteiger partial charge in [-0.25, -0.2) is 0 Å². The van der Waals surface area contributed by atoms with Crippen molar-refractivity contribution in [3.05, 3.63) is 18.5 Å². The Balaban J connectivity index is 2.19. The van der Waals surface area contributed by atoms with E-state index in [0.29, 0.717) is 12.6 Å². The van der Waals surface area contributed by atoms with Crippen molar-refractivity contribution in [2.45, 2.75) is 26.4 Å². The van der Waals surface area contributed by atoms with Crippen LogP contribution in [0.3, 0.4) is 0 Å². The van der Waals surface area contributed by atoms with Crippen molar-refractivity contribution in [2.24, 2.45) is 0 Å². The third-order valence-corrected chi connectivity index (χ3v) is 2.02. The van der Waals surface area contributed by atoms with E-state index in [9.17, 15) is 4.79 Å². The summed E-state index contributed by atoms with van der Waals surface area (Å²) in [6.45, 7) is 5.93. The van der Waals surface area contributed by atoms with E-state index in [0.717, 1.165) is 6.54 Å². The van der Waals surface area contributed by atoms with E-state index in [1.165, 1.54) is 0 Å². The summed E-state index contributed by atoms with van der Waals surface area (Å²) in [6, 6.07) is 2.10. The Hall–Kier alpha value is -1.36. The Morgan fingerprint density at radius 3 is 3.00 bits per heavy atom. The van der Waals surface area contributed by atoms with Crippen molar-refractivity contribution < 1.29 is 4.79 Å². The van der Waals surface area contributed by atoms with Gasteiger partial charge >= 0.3 is 0 Å². The van der Waals surface area contributed by atoms with Crippen LogP contribution in [0.25, 0.3) is 0 Å². The summed E-state index contributed by atoms with van der Waals surface area (Å²) in [5, 5.41) is 10.0. The van der Waals surface area contributed by atoms with E-state index in [4.69, 9.17) is 0 Å². The van der Waals surface area contributed by atoms with Crippen molar-refractivity contribution in [2.75, 3.05) is 13.1 Å². The molecule has 0 spiro atoms. The first-order valence-corrected chi connectivity index (χ1v) is 5.20. The molecule has 1 heterocycles. The standard InChI is InChI=1S/C10H18N4O/c1-3-11-9(2)7-12-10(15)8-14-6-4-5-13-14/h4-6,9,11H,3,7-8H2,1-2H3,(H,12,15)/t9-/m1/s1. The Labute approximate surface area is 89.9 Å². The molecule has 1 aromatic rings. The van der Waals surface area contributed by atoms with Crippen LogP contribution in [0.5, 0.6) is 0 Å². The minimum atomic E-state index is -0.0107. The summed E-state index contributed by atoms with van der Waals surface area (Å²) in [6.07, 6.45) is 3.43. The molecular formula is C10H18N4O. The quantitative estimate of drug-likeness (QED) is 0.694. The van der Waals surface area contributed by atoms with Gasteiger partial charge < -0.3 is 10.6 Å². The number of nitrogens with one attached hydrogen (secondary N) is 2. The summed E-state index contributed by atoms with van der Waals surface area (Å²) in [5.74, 6) is -0.0107. The summed E-state index contributed by atoms with van der Waals surface area (Å²) in [4.78, 5) is 11.4. The molecule has 0 saturated carbocycles. The van der Waals surface area contributed by atoms with Gasteiger partial charge in [-0.3, -0.25) is 9.48 Å². The van der Waals surface area contributed by atoms with Crippen LogP contribution in [0.2, 0.25) is 0 Å². The number of hydrogen-bond donors (Lipinski definition) is 2. The molecule has 0 aliphatic carbocycles. The lowest BCUT2D eigenvalue weighted by Crippen LogP contribution is -2.40. The first kappa shape index (κ1) is 11.7. The van der Waals surface area contributed by atoms with E-state index >= 15 is 0 Å². The van der Waals surface area contributed by atoms with E-state index < -0.39 is 0 Å². The second-order valence-corrected chi connectivity index (χ2v) is 3.47. The van der Waals surface area contributed by atoms with Gasteiger partial charge in [0.2, 0.25) is 5.91 Å². The van der Waals surface area contributed by atoms with Gasteiger partial charge in [0.05, 0.1) is 0 Å². The molecule has 1 rings (SSSR count). The van der Waals surface area contributed by atoms with E-state index in [-0.39, 0.29) is 12.5 Å². The zero-order valence-electron chi connectivity index (χ0n) is 9.23. The van der Waals surface area contributed by atoms with Gasteiger partial charge in [0.25, 0.3) is 0 Å². The number of aromatic nitrogens is 2. The number of likely N-dealkylation sites (N-methyl/N-ethyl adjacent to an activating group) is 1. The normalized spacial score (nSPS) is 12.4. The predicted molar refractivity (Wildman–Crippen MR) is 58.4 cm³/mol. The minimum absolute atomic E-state index is 0.0107. The molecule has 5 nitrogen and oxygen atoms in total. The van der Waals surface area contributed by atoms with Crippen LogP contribution in [-0.4, -0.2) is 34.8 Å². The lowest BCUT2D eigenvalue weighted by atomic mass is 10.3. The van der Waals surface area contributed by atoms with Gasteiger partial charge in [0, 0.05) is 25.0 Å². The van der Waals surface area contributed by atoms with E-state index in [1.807, 2.05) is 13.8 Å². The van der Waals surface area contributed by atoms with Crippen LogP contribution in [0, 0.1) is 0 Å². The summed E-state index contributed by atoms with van der Waals surface area (Å²) in [7, 11) is 0. The van der Waals surface area contributed by atoms with Crippen LogP contribution in [0.1, 0.15) is 13.8 Å². The molecule has 0 fully saturated rings. The third kappa shape index (κ3) is 4.60. The fraction of sp³-hybridized carbons (Fsp3) is 0.600. The topological polar surface area (TPSA) is 58.9 Å². The highest BCUT2D eigenvalue weighted by molar-refractivity contribution is 5.75. The highest BCUT2D eigenvalue weighted by Crippen LogP contribution is 1.85. The second kappa shape index (κ2) is 6.19. The number of nitrogens with zero attached hydrogens (tertiary/aromatic N) is 2. The zero-order valence-corrected chi connectivity index (χ0v) is 9.23. The molecule has 0 unspecified atom stereocenters. The molecule has 0 aromatic carbocycles. The molecule has 15 heavy (non-hydrogen) atoms. The van der Waals surface area contributed by atoms with Gasteiger partial charge in [-0.05, 0) is 19.5 Å². The number of rotatable bonds is 6. The van der Waals surface area contributed by atoms with Crippen LogP contribution in [0.15, 0.2) is 18.5 Å². The fourth-order valence-electron chi connectivity index (χ4n) is 1.28. The molecule has 2 N–H and O–H groups in total. The van der Waals surface area contributed by atoms with Gasteiger partial charge in [-0.1, -0.05) is 6.92 Å². The average Bonchev–Trinajstić information content (AvgIpc) is 2.68. The van der Waals surface area contributed by atoms with Gasteiger partial charge in [-0.2, -0.15) is 5.10 Å². The molecule has 1 aromatic heterocycles. The van der Waals surface area contributed by atoms with Crippen LogP contribution < -0.4 is 10.6 Å². The van der Waals surface area contributed by atoms with Crippen molar-refractivity contribution in [1.82, 2.24) is 20.4 Å². The Morgan fingerprint density at radius 2 is 2.40 bits per heavy atom. The molecule has 1 amide bonds. The largest absolute Gasteiger partial charge is 0.353 e. The maximum Gasteiger partial charge on any atom is 0.241 e. The van der Waals surface area contributed by atoms with Gasteiger partial charge in [0.15, 0.2) is 0 Å². The maximum absolute atomic E-state index is 11.4. The summed E-state index contributed by atoms with van der Waals surface area (Å²) >= 11 is 0. The van der Waals surface area contributed by atoms with Gasteiger partial charge in [0.1, 0.15) is 6.54 Å². The van der Waals surface area contributed by atoms with Gasteiger partial charge in [-0.15, -0.1) is 0 Å². The van der Waals surface area contributed by atoms with Crippen molar-refractivity contribution in [3.8, 4) is 0 Å². The molecule has 0 aliphatic rings. The fourth-order valence-corrected chi connectivity index (χ4v) is 1.28. The predicted octanol–water partition coefficient (Wildman–Crippen LogP) is -0.00270. The number of amides is 1. The third-order valence-electron chi connectivity index (χ3n) is 2.02. The first-order valence-electron chi connectivity index (χ1n) is 5.20. The van der Waals surface area contributed by atoms with Crippen LogP contribution in [0.4, 0.5) is 0 Å². The smallest absolute Gasteiger partial charge is 0.241 e. The molecule has 5 heteroatoms. The highest BCUT2D eigenvalue weighted by Gasteiger charge is 2.04. The number of carbonyl (C=O) groups is 1. The van der Waals surface area contributed by atoms with Crippen molar-refractivity contribution >= 4 is 5.91 Å². The molecule has 0 aliphatic heterocycles. The zero-order chi connectivity index (χ0) is 11.1. The van der Waals surface area contributed by atoms with Crippen LogP contribution >= 0.6 is 0 Å². The Morgan fingerprint density at radius 1 is 1.60 bits per heavy atom. The van der Waals surface area contributed by atoms with E-state index in [1.54, 1.807) is 23.1 Å². The minimum Gasteiger partial charge on any atom is -0.353 e. The number of carbonyl (C=O) groups excluding carboxylic acids is 1. The van der Waals surface area contributed by atoms with Crippen molar-refractivity contribution in [1.29, 1.82) is 0 Å². The SMILES string of the molecule is CCN[C@H](C)CNC(=O)Cn1cccn1. The lowest BCUT2D eigenvalue weighted by Gasteiger charge is -2.13. The molecule has 1 atom stereocenters. The summed E-state index contributed by atoms with van der Waals surface area (Å²) in [5.41, 5.74) is 0. The molecule has 0 saturated heterocycles. The van der Waals surface area contributed by atoms with Crippen LogP contribution in [-0.2, 0) is 11.3 Å². The molecule has 84 valence electrons. The molecule has 0 radical (unpaired) electrons. The van der Waals surface area contributed by atoms with E-state index in [2.05, 4.69) is 15.7 Å². The number of hydrogen-bond acceptors (Lipinski definition) is 3. The highest BCUT2D eigenvalue weighted by atomic mass is 16.2. The second-order valence-electron chi connectivity index (χ2n) is 3.47. The monoisotopic (exact) mass is 210 g/mol. The summed E-state index contributed by atoms with van der Waals surface area (Å²) < 4.78 is 1.60. The maximum atomic E-state index is 11.4. The molecular weight excluding hydrogens is 192 g/mol.